The summed E-state index contributed by atoms with van der Waals surface area (Å²) in [5, 5.41) is 9.10. The monoisotopic (exact) mass is 337 g/mol. The Morgan fingerprint density at radius 1 is 1.18 bits per heavy atom. The van der Waals surface area contributed by atoms with Crippen molar-refractivity contribution in [2.45, 2.75) is 29.5 Å². The van der Waals surface area contributed by atoms with Crippen molar-refractivity contribution >= 4 is 27.3 Å². The van der Waals surface area contributed by atoms with Crippen molar-refractivity contribution in [1.82, 2.24) is 4.72 Å². The van der Waals surface area contributed by atoms with Crippen molar-refractivity contribution in [2.75, 3.05) is 0 Å². The molecule has 0 atom stereocenters. The fraction of sp³-hybridized carbons (Fsp3) is 0.267. The summed E-state index contributed by atoms with van der Waals surface area (Å²) in [5.74, 6) is -1.12. The molecule has 1 heterocycles. The molecule has 1 aromatic heterocycles. The van der Waals surface area contributed by atoms with Gasteiger partial charge in [0.05, 0.1) is 0 Å². The number of nitrogens with one attached hydrogen (secondary N) is 1. The van der Waals surface area contributed by atoms with Gasteiger partial charge < -0.3 is 5.11 Å². The van der Waals surface area contributed by atoms with Crippen LogP contribution in [-0.2, 0) is 14.8 Å². The van der Waals surface area contributed by atoms with E-state index in [4.69, 9.17) is 5.11 Å². The Bertz CT molecular complexity index is 817. The lowest BCUT2D eigenvalue weighted by Crippen LogP contribution is -2.42. The number of carbonyl (C=O) groups is 1. The second-order valence-electron chi connectivity index (χ2n) is 5.48. The number of carboxylic acids is 1. The molecule has 1 saturated carbocycles. The Morgan fingerprint density at radius 3 is 2.36 bits per heavy atom. The summed E-state index contributed by atoms with van der Waals surface area (Å²) in [4.78, 5) is 12.0. The first-order chi connectivity index (χ1) is 10.3. The number of thiophene rings is 1. The number of benzene rings is 1. The lowest BCUT2D eigenvalue weighted by atomic mass is 10.1. The Labute approximate surface area is 132 Å². The number of hydrogen-bond acceptors (Lipinski definition) is 4. The van der Waals surface area contributed by atoms with Crippen molar-refractivity contribution in [1.29, 1.82) is 0 Å². The van der Waals surface area contributed by atoms with E-state index in [1.165, 1.54) is 6.07 Å². The normalized spacial score (nSPS) is 16.4. The minimum absolute atomic E-state index is 0.135. The lowest BCUT2D eigenvalue weighted by Gasteiger charge is -2.11. The summed E-state index contributed by atoms with van der Waals surface area (Å²) in [5.41, 5.74) is 0.760. The van der Waals surface area contributed by atoms with Crippen LogP contribution >= 0.6 is 11.3 Å². The van der Waals surface area contributed by atoms with E-state index in [0.717, 1.165) is 27.3 Å². The lowest BCUT2D eigenvalue weighted by molar-refractivity contribution is -0.140. The first kappa shape index (κ1) is 15.2. The van der Waals surface area contributed by atoms with Gasteiger partial charge in [0.25, 0.3) is 10.0 Å². The Balaban J connectivity index is 1.87. The predicted molar refractivity (Wildman–Crippen MR) is 84.4 cm³/mol. The average Bonchev–Trinajstić information content (AvgIpc) is 3.05. The molecule has 0 unspecified atom stereocenters. The van der Waals surface area contributed by atoms with Crippen LogP contribution in [0.4, 0.5) is 0 Å². The van der Waals surface area contributed by atoms with Crippen LogP contribution in [0, 0.1) is 6.92 Å². The molecule has 22 heavy (non-hydrogen) atoms. The van der Waals surface area contributed by atoms with Gasteiger partial charge in [0, 0.05) is 4.88 Å². The molecular formula is C15H15NO4S2. The molecule has 2 aromatic rings. The maximum atomic E-state index is 12.3. The number of aliphatic carboxylic acids is 1. The number of aryl methyl sites for hydroxylation is 1. The van der Waals surface area contributed by atoms with E-state index in [1.54, 1.807) is 6.07 Å². The van der Waals surface area contributed by atoms with Crippen molar-refractivity contribution in [3.8, 4) is 10.4 Å². The Hall–Kier alpha value is -1.70. The fourth-order valence-corrected chi connectivity index (χ4v) is 4.86. The van der Waals surface area contributed by atoms with Gasteiger partial charge in [0.1, 0.15) is 9.75 Å². The van der Waals surface area contributed by atoms with E-state index in [2.05, 4.69) is 4.72 Å². The maximum absolute atomic E-state index is 12.3. The van der Waals surface area contributed by atoms with Gasteiger partial charge in [0.15, 0.2) is 0 Å². The van der Waals surface area contributed by atoms with Gasteiger partial charge in [-0.3, -0.25) is 4.79 Å². The molecule has 3 rings (SSSR count). The standard InChI is InChI=1S/C15H15NO4S2/c1-10-2-4-11(5-3-10)12-6-7-13(21-12)22(19,20)16-15(8-9-15)14(17)18/h2-7,16H,8-9H2,1H3,(H,17,18). The zero-order chi connectivity index (χ0) is 16.0. The van der Waals surface area contributed by atoms with Crippen LogP contribution in [0.25, 0.3) is 10.4 Å². The van der Waals surface area contributed by atoms with Gasteiger partial charge in [-0.05, 0) is 37.5 Å². The van der Waals surface area contributed by atoms with Crippen molar-refractivity contribution in [3.05, 3.63) is 42.0 Å². The summed E-state index contributed by atoms with van der Waals surface area (Å²) in [7, 11) is -3.81. The molecule has 0 bridgehead atoms. The molecule has 5 nitrogen and oxygen atoms in total. The largest absolute Gasteiger partial charge is 0.480 e. The van der Waals surface area contributed by atoms with Gasteiger partial charge in [-0.15, -0.1) is 11.3 Å². The highest BCUT2D eigenvalue weighted by Gasteiger charge is 2.53. The Kier molecular flexibility index (Phi) is 3.58. The van der Waals surface area contributed by atoms with Crippen molar-refractivity contribution in [3.63, 3.8) is 0 Å². The van der Waals surface area contributed by atoms with Crippen LogP contribution in [-0.4, -0.2) is 25.0 Å². The minimum atomic E-state index is -3.81. The SMILES string of the molecule is Cc1ccc(-c2ccc(S(=O)(=O)NC3(C(=O)O)CC3)s2)cc1. The molecule has 0 aliphatic heterocycles. The van der Waals surface area contributed by atoms with Gasteiger partial charge in [-0.1, -0.05) is 29.8 Å². The van der Waals surface area contributed by atoms with E-state index in [1.807, 2.05) is 31.2 Å². The molecule has 1 aliphatic carbocycles. The van der Waals surface area contributed by atoms with Gasteiger partial charge >= 0.3 is 5.97 Å². The molecule has 0 saturated heterocycles. The van der Waals surface area contributed by atoms with Crippen molar-refractivity contribution in [2.24, 2.45) is 0 Å². The minimum Gasteiger partial charge on any atom is -0.480 e. The maximum Gasteiger partial charge on any atom is 0.324 e. The summed E-state index contributed by atoms with van der Waals surface area (Å²) < 4.78 is 27.1. The van der Waals surface area contributed by atoms with Crippen LogP contribution < -0.4 is 4.72 Å². The van der Waals surface area contributed by atoms with Gasteiger partial charge in [0.2, 0.25) is 0 Å². The highest BCUT2D eigenvalue weighted by molar-refractivity contribution is 7.91. The third-order valence-electron chi connectivity index (χ3n) is 3.67. The smallest absolute Gasteiger partial charge is 0.324 e. The third kappa shape index (κ3) is 2.79. The second-order valence-corrected chi connectivity index (χ2v) is 8.47. The first-order valence-electron chi connectivity index (χ1n) is 6.77. The Morgan fingerprint density at radius 2 is 1.82 bits per heavy atom. The summed E-state index contributed by atoms with van der Waals surface area (Å²) in [6.45, 7) is 1.99. The molecule has 1 fully saturated rings. The van der Waals surface area contributed by atoms with Crippen LogP contribution in [0.3, 0.4) is 0 Å². The van der Waals surface area contributed by atoms with E-state index in [9.17, 15) is 13.2 Å². The van der Waals surface area contributed by atoms with Crippen molar-refractivity contribution < 1.29 is 18.3 Å². The zero-order valence-corrected chi connectivity index (χ0v) is 13.5. The molecule has 0 spiro atoms. The summed E-state index contributed by atoms with van der Waals surface area (Å²) in [6, 6.07) is 11.1. The van der Waals surface area contributed by atoms with Gasteiger partial charge in [-0.2, -0.15) is 4.72 Å². The zero-order valence-electron chi connectivity index (χ0n) is 11.9. The molecule has 2 N–H and O–H groups in total. The highest BCUT2D eigenvalue weighted by atomic mass is 32.2. The molecule has 0 amide bonds. The predicted octanol–water partition coefficient (Wildman–Crippen LogP) is 2.62. The third-order valence-corrected chi connectivity index (χ3v) is 6.83. The summed E-state index contributed by atoms with van der Waals surface area (Å²) in [6.07, 6.45) is 0.662. The highest BCUT2D eigenvalue weighted by Crippen LogP contribution is 2.38. The molecule has 1 aromatic carbocycles. The molecule has 1 aliphatic rings. The molecule has 0 radical (unpaired) electrons. The van der Waals surface area contributed by atoms with Crippen LogP contribution in [0.1, 0.15) is 18.4 Å². The van der Waals surface area contributed by atoms with Crippen LogP contribution in [0.5, 0.6) is 0 Å². The van der Waals surface area contributed by atoms with Crippen LogP contribution in [0.15, 0.2) is 40.6 Å². The topological polar surface area (TPSA) is 83.5 Å². The number of rotatable bonds is 5. The fourth-order valence-electron chi connectivity index (χ4n) is 2.13. The van der Waals surface area contributed by atoms with E-state index in [0.29, 0.717) is 12.8 Å². The molecule has 7 heteroatoms. The summed E-state index contributed by atoms with van der Waals surface area (Å²) >= 11 is 1.14. The quantitative estimate of drug-likeness (QED) is 0.878. The number of carboxylic acid groups (broad SMARTS) is 1. The van der Waals surface area contributed by atoms with E-state index in [-0.39, 0.29) is 4.21 Å². The molecular weight excluding hydrogens is 322 g/mol. The number of sulfonamides is 1. The van der Waals surface area contributed by atoms with E-state index >= 15 is 0 Å². The van der Waals surface area contributed by atoms with Gasteiger partial charge in [-0.25, -0.2) is 8.42 Å². The number of hydrogen-bond donors (Lipinski definition) is 2. The second kappa shape index (κ2) is 5.19. The van der Waals surface area contributed by atoms with E-state index < -0.39 is 21.5 Å². The molecule has 116 valence electrons. The van der Waals surface area contributed by atoms with Crippen LogP contribution in [0.2, 0.25) is 0 Å². The first-order valence-corrected chi connectivity index (χ1v) is 9.07. The average molecular weight is 337 g/mol.